The molecular formula is C15H20N4O. The molecule has 5 heteroatoms. The Bertz CT molecular complexity index is 560. The molecule has 0 bridgehead atoms. The van der Waals surface area contributed by atoms with E-state index >= 15 is 0 Å². The summed E-state index contributed by atoms with van der Waals surface area (Å²) in [7, 11) is 3.58. The number of methoxy groups -OCH3 is 1. The maximum atomic E-state index is 5.21. The SMILES string of the molecule is COc1ccc(C(NCc2ncn(C)n2)C2CC2)cc1. The van der Waals surface area contributed by atoms with Gasteiger partial charge >= 0.3 is 0 Å². The number of ether oxygens (including phenoxy) is 1. The van der Waals surface area contributed by atoms with E-state index in [1.165, 1.54) is 18.4 Å². The van der Waals surface area contributed by atoms with E-state index < -0.39 is 0 Å². The van der Waals surface area contributed by atoms with E-state index in [1.807, 2.05) is 19.2 Å². The number of nitrogens with zero attached hydrogens (tertiary/aromatic N) is 3. The highest BCUT2D eigenvalue weighted by molar-refractivity contribution is 5.30. The van der Waals surface area contributed by atoms with E-state index in [0.717, 1.165) is 17.5 Å². The van der Waals surface area contributed by atoms with Gasteiger partial charge in [0.2, 0.25) is 0 Å². The van der Waals surface area contributed by atoms with Gasteiger partial charge in [-0.05, 0) is 36.5 Å². The fraction of sp³-hybridized carbons (Fsp3) is 0.467. The molecule has 0 saturated heterocycles. The van der Waals surface area contributed by atoms with Gasteiger partial charge in [-0.15, -0.1) is 0 Å². The lowest BCUT2D eigenvalue weighted by Crippen LogP contribution is -2.23. The molecule has 3 rings (SSSR count). The largest absolute Gasteiger partial charge is 0.497 e. The van der Waals surface area contributed by atoms with Gasteiger partial charge in [-0.3, -0.25) is 4.68 Å². The minimum Gasteiger partial charge on any atom is -0.497 e. The highest BCUT2D eigenvalue weighted by Gasteiger charge is 2.32. The molecule has 1 atom stereocenters. The molecule has 20 heavy (non-hydrogen) atoms. The van der Waals surface area contributed by atoms with Gasteiger partial charge in [0, 0.05) is 13.1 Å². The zero-order valence-electron chi connectivity index (χ0n) is 11.9. The first-order chi connectivity index (χ1) is 9.76. The summed E-state index contributed by atoms with van der Waals surface area (Å²) in [5.41, 5.74) is 1.31. The second-order valence-electron chi connectivity index (χ2n) is 5.30. The first kappa shape index (κ1) is 13.1. The molecule has 1 fully saturated rings. The Balaban J connectivity index is 1.68. The van der Waals surface area contributed by atoms with Crippen LogP contribution in [0.3, 0.4) is 0 Å². The normalized spacial score (nSPS) is 16.1. The molecular weight excluding hydrogens is 252 g/mol. The second-order valence-corrected chi connectivity index (χ2v) is 5.30. The second kappa shape index (κ2) is 5.63. The molecule has 1 aliphatic rings. The van der Waals surface area contributed by atoms with Gasteiger partial charge in [0.15, 0.2) is 5.82 Å². The van der Waals surface area contributed by atoms with Crippen molar-refractivity contribution in [3.8, 4) is 5.75 Å². The molecule has 1 aliphatic carbocycles. The molecule has 0 radical (unpaired) electrons. The van der Waals surface area contributed by atoms with Crippen molar-refractivity contribution < 1.29 is 4.74 Å². The van der Waals surface area contributed by atoms with Crippen LogP contribution in [0.25, 0.3) is 0 Å². The molecule has 1 saturated carbocycles. The van der Waals surface area contributed by atoms with Crippen LogP contribution in [0, 0.1) is 5.92 Å². The fourth-order valence-electron chi connectivity index (χ4n) is 2.46. The van der Waals surface area contributed by atoms with E-state index in [4.69, 9.17) is 4.74 Å². The van der Waals surface area contributed by atoms with Crippen LogP contribution in [-0.2, 0) is 13.6 Å². The molecule has 0 spiro atoms. The number of benzene rings is 1. The molecule has 0 aliphatic heterocycles. The lowest BCUT2D eigenvalue weighted by atomic mass is 10.0. The minimum atomic E-state index is 0.379. The summed E-state index contributed by atoms with van der Waals surface area (Å²) in [5.74, 6) is 2.47. The standard InChI is InChI=1S/C15H20N4O/c1-19-10-17-14(18-19)9-16-15(11-3-4-11)12-5-7-13(20-2)8-6-12/h5-8,10-11,15-16H,3-4,9H2,1-2H3. The van der Waals surface area contributed by atoms with Gasteiger partial charge < -0.3 is 10.1 Å². The summed E-state index contributed by atoms with van der Waals surface area (Å²) in [5, 5.41) is 7.89. The van der Waals surface area contributed by atoms with E-state index in [-0.39, 0.29) is 0 Å². The van der Waals surface area contributed by atoms with Crippen LogP contribution < -0.4 is 10.1 Å². The molecule has 1 aromatic carbocycles. The third kappa shape index (κ3) is 2.99. The third-order valence-corrected chi connectivity index (χ3v) is 3.70. The van der Waals surface area contributed by atoms with Gasteiger partial charge in [0.05, 0.1) is 13.7 Å². The Labute approximate surface area is 119 Å². The van der Waals surface area contributed by atoms with Crippen LogP contribution in [0.4, 0.5) is 0 Å². The predicted molar refractivity (Wildman–Crippen MR) is 76.3 cm³/mol. The van der Waals surface area contributed by atoms with Crippen molar-refractivity contribution in [2.75, 3.05) is 7.11 Å². The summed E-state index contributed by atoms with van der Waals surface area (Å²) in [4.78, 5) is 4.26. The molecule has 1 N–H and O–H groups in total. The molecule has 1 heterocycles. The van der Waals surface area contributed by atoms with E-state index in [1.54, 1.807) is 18.1 Å². The summed E-state index contributed by atoms with van der Waals surface area (Å²) in [6.07, 6.45) is 4.31. The topological polar surface area (TPSA) is 52.0 Å². The van der Waals surface area contributed by atoms with Crippen molar-refractivity contribution in [3.05, 3.63) is 42.0 Å². The first-order valence-corrected chi connectivity index (χ1v) is 6.98. The van der Waals surface area contributed by atoms with Crippen molar-refractivity contribution >= 4 is 0 Å². The molecule has 1 aromatic heterocycles. The Morgan fingerprint density at radius 1 is 1.35 bits per heavy atom. The molecule has 1 unspecified atom stereocenters. The first-order valence-electron chi connectivity index (χ1n) is 6.98. The van der Waals surface area contributed by atoms with Crippen molar-refractivity contribution in [2.45, 2.75) is 25.4 Å². The summed E-state index contributed by atoms with van der Waals surface area (Å²) >= 11 is 0. The molecule has 5 nitrogen and oxygen atoms in total. The van der Waals surface area contributed by atoms with Gasteiger partial charge in [-0.1, -0.05) is 12.1 Å². The maximum Gasteiger partial charge on any atom is 0.164 e. The number of aromatic nitrogens is 3. The molecule has 0 amide bonds. The van der Waals surface area contributed by atoms with Crippen LogP contribution in [0.2, 0.25) is 0 Å². The van der Waals surface area contributed by atoms with E-state index in [9.17, 15) is 0 Å². The summed E-state index contributed by atoms with van der Waals surface area (Å²) in [6, 6.07) is 8.70. The third-order valence-electron chi connectivity index (χ3n) is 3.70. The monoisotopic (exact) mass is 272 g/mol. The van der Waals surface area contributed by atoms with Crippen molar-refractivity contribution in [3.63, 3.8) is 0 Å². The fourth-order valence-corrected chi connectivity index (χ4v) is 2.46. The molecule has 2 aromatic rings. The van der Waals surface area contributed by atoms with Crippen LogP contribution >= 0.6 is 0 Å². The zero-order valence-corrected chi connectivity index (χ0v) is 11.9. The van der Waals surface area contributed by atoms with Crippen molar-refractivity contribution in [1.82, 2.24) is 20.1 Å². The number of hydrogen-bond acceptors (Lipinski definition) is 4. The van der Waals surface area contributed by atoms with Gasteiger partial charge in [0.25, 0.3) is 0 Å². The van der Waals surface area contributed by atoms with Crippen molar-refractivity contribution in [2.24, 2.45) is 13.0 Å². The Morgan fingerprint density at radius 2 is 2.10 bits per heavy atom. The van der Waals surface area contributed by atoms with Gasteiger partial charge in [-0.2, -0.15) is 5.10 Å². The predicted octanol–water partition coefficient (Wildman–Crippen LogP) is 2.06. The Morgan fingerprint density at radius 3 is 2.65 bits per heavy atom. The van der Waals surface area contributed by atoms with Gasteiger partial charge in [-0.25, -0.2) is 4.98 Å². The highest BCUT2D eigenvalue weighted by Crippen LogP contribution is 2.41. The minimum absolute atomic E-state index is 0.379. The maximum absolute atomic E-state index is 5.21. The van der Waals surface area contributed by atoms with Crippen LogP contribution in [-0.4, -0.2) is 21.9 Å². The van der Waals surface area contributed by atoms with Crippen LogP contribution in [0.5, 0.6) is 5.75 Å². The number of rotatable bonds is 6. The molecule has 106 valence electrons. The van der Waals surface area contributed by atoms with Gasteiger partial charge in [0.1, 0.15) is 12.1 Å². The highest BCUT2D eigenvalue weighted by atomic mass is 16.5. The Hall–Kier alpha value is -1.88. The van der Waals surface area contributed by atoms with E-state index in [2.05, 4.69) is 27.5 Å². The Kier molecular flexibility index (Phi) is 3.69. The average Bonchev–Trinajstić information content (AvgIpc) is 3.22. The quantitative estimate of drug-likeness (QED) is 0.874. The lowest BCUT2D eigenvalue weighted by molar-refractivity contribution is 0.413. The van der Waals surface area contributed by atoms with Crippen LogP contribution in [0.15, 0.2) is 30.6 Å². The zero-order chi connectivity index (χ0) is 13.9. The van der Waals surface area contributed by atoms with E-state index in [0.29, 0.717) is 12.6 Å². The van der Waals surface area contributed by atoms with Crippen LogP contribution in [0.1, 0.15) is 30.3 Å². The lowest BCUT2D eigenvalue weighted by Gasteiger charge is -2.18. The smallest absolute Gasteiger partial charge is 0.164 e. The van der Waals surface area contributed by atoms with Crippen molar-refractivity contribution in [1.29, 1.82) is 0 Å². The summed E-state index contributed by atoms with van der Waals surface area (Å²) < 4.78 is 6.95. The number of hydrogen-bond donors (Lipinski definition) is 1. The number of nitrogens with one attached hydrogen (secondary N) is 1. The summed E-state index contributed by atoms with van der Waals surface area (Å²) in [6.45, 7) is 0.702. The average molecular weight is 272 g/mol. The number of aryl methyl sites for hydroxylation is 1.